The van der Waals surface area contributed by atoms with Gasteiger partial charge in [-0.25, -0.2) is 0 Å². The molecule has 0 spiro atoms. The smallest absolute Gasteiger partial charge is 0.236 e. The van der Waals surface area contributed by atoms with Gasteiger partial charge in [0.15, 0.2) is 0 Å². The normalized spacial score (nSPS) is 19.6. The van der Waals surface area contributed by atoms with Crippen molar-refractivity contribution in [2.45, 2.75) is 82.4 Å². The maximum absolute atomic E-state index is 12.2. The van der Waals surface area contributed by atoms with E-state index in [-0.39, 0.29) is 39.4 Å². The summed E-state index contributed by atoms with van der Waals surface area (Å²) in [6.45, 7) is 14.4. The average Bonchev–Trinajstić information content (AvgIpc) is 3.03. The third kappa shape index (κ3) is 10.4. The summed E-state index contributed by atoms with van der Waals surface area (Å²) >= 11 is 3.27. The van der Waals surface area contributed by atoms with E-state index in [9.17, 15) is 14.7 Å². The highest BCUT2D eigenvalue weighted by molar-refractivity contribution is 8.01. The Labute approximate surface area is 197 Å². The molecule has 1 aliphatic heterocycles. The van der Waals surface area contributed by atoms with Crippen molar-refractivity contribution in [2.24, 2.45) is 0 Å². The predicted molar refractivity (Wildman–Crippen MR) is 135 cm³/mol. The van der Waals surface area contributed by atoms with Gasteiger partial charge in [0, 0.05) is 18.4 Å². The number of carbonyl (C=O) groups is 2. The molecule has 1 aromatic carbocycles. The number of nitrogens with zero attached hydrogens (tertiary/aromatic N) is 1. The first-order chi connectivity index (χ1) is 14.7. The molecule has 0 aliphatic carbocycles. The largest absolute Gasteiger partial charge is 0.396 e. The molecular weight excluding hydrogens is 430 g/mol. The monoisotopic (exact) mass is 471 g/mol. The van der Waals surface area contributed by atoms with E-state index in [1.54, 1.807) is 35.3 Å². The Bertz CT molecular complexity index is 637. The molecule has 0 saturated carbocycles. The summed E-state index contributed by atoms with van der Waals surface area (Å²) in [4.78, 5) is 25.4. The Morgan fingerprint density at radius 1 is 1.13 bits per heavy atom. The van der Waals surface area contributed by atoms with Crippen LogP contribution in [0.5, 0.6) is 0 Å². The number of rotatable bonds is 8. The summed E-state index contributed by atoms with van der Waals surface area (Å²) in [6.07, 6.45) is 2.12. The maximum atomic E-state index is 12.2. The van der Waals surface area contributed by atoms with Crippen LogP contribution in [0.4, 0.5) is 0 Å². The molecule has 1 aliphatic rings. The van der Waals surface area contributed by atoms with E-state index >= 15 is 0 Å². The molecule has 0 bridgehead atoms. The van der Waals surface area contributed by atoms with E-state index < -0.39 is 0 Å². The quantitative estimate of drug-likeness (QED) is 0.541. The molecular formula is C24H41NO4S2. The number of aliphatic hydroxyl groups is 2. The van der Waals surface area contributed by atoms with Crippen LogP contribution in [0.15, 0.2) is 24.3 Å². The Hall–Kier alpha value is -1.02. The van der Waals surface area contributed by atoms with Crippen LogP contribution in [0.1, 0.15) is 83.1 Å². The fourth-order valence-corrected chi connectivity index (χ4v) is 5.11. The molecule has 178 valence electrons. The molecule has 1 amide bonds. The van der Waals surface area contributed by atoms with Crippen LogP contribution < -0.4 is 0 Å². The molecule has 4 unspecified atom stereocenters. The van der Waals surface area contributed by atoms with Gasteiger partial charge in [0.25, 0.3) is 0 Å². The lowest BCUT2D eigenvalue weighted by molar-refractivity contribution is -0.130. The first kappa shape index (κ1) is 30.0. The molecule has 5 nitrogen and oxygen atoms in total. The number of amides is 1. The SMILES string of the molecule is CC(=O)C(C)SC(C)c1ccc(C2SC(C)C(=O)N2CCO)cc1.CCC.CCCO. The second-order valence-electron chi connectivity index (χ2n) is 7.51. The summed E-state index contributed by atoms with van der Waals surface area (Å²) in [5, 5.41) is 17.2. The van der Waals surface area contributed by atoms with Crippen LogP contribution in [0.3, 0.4) is 0 Å². The minimum atomic E-state index is -0.0767. The van der Waals surface area contributed by atoms with Crippen molar-refractivity contribution in [1.29, 1.82) is 0 Å². The minimum absolute atomic E-state index is 0.0106. The lowest BCUT2D eigenvalue weighted by atomic mass is 10.1. The van der Waals surface area contributed by atoms with Gasteiger partial charge in [0.05, 0.1) is 17.1 Å². The van der Waals surface area contributed by atoms with Gasteiger partial charge in [0.2, 0.25) is 5.91 Å². The number of benzene rings is 1. The van der Waals surface area contributed by atoms with Crippen LogP contribution in [0, 0.1) is 0 Å². The standard InChI is InChI=1S/C18H25NO3S2.C3H8O.C3H8/c1-11(21)12(2)23-13(3)15-5-7-16(8-6-15)18-19(9-10-20)17(22)14(4)24-18;1-2-3-4;1-3-2/h5-8,12-14,18,20H,9-10H2,1-4H3;4H,2-3H2,1H3;3H2,1-2H3. The van der Waals surface area contributed by atoms with E-state index in [1.807, 2.05) is 20.8 Å². The lowest BCUT2D eigenvalue weighted by Crippen LogP contribution is -2.32. The maximum Gasteiger partial charge on any atom is 0.236 e. The third-order valence-electron chi connectivity index (χ3n) is 4.48. The first-order valence-electron chi connectivity index (χ1n) is 11.1. The molecule has 1 fully saturated rings. The van der Waals surface area contributed by atoms with E-state index in [4.69, 9.17) is 5.11 Å². The number of hydrogen-bond donors (Lipinski definition) is 2. The fourth-order valence-electron chi connectivity index (χ4n) is 2.68. The second kappa shape index (κ2) is 16.6. The van der Waals surface area contributed by atoms with Crippen LogP contribution >= 0.6 is 23.5 Å². The zero-order valence-electron chi connectivity index (χ0n) is 20.1. The zero-order chi connectivity index (χ0) is 24.0. The molecule has 2 rings (SSSR count). The van der Waals surface area contributed by atoms with Crippen LogP contribution in [-0.2, 0) is 9.59 Å². The molecule has 4 atom stereocenters. The molecule has 0 aromatic heterocycles. The van der Waals surface area contributed by atoms with E-state index in [2.05, 4.69) is 45.0 Å². The molecule has 1 heterocycles. The molecule has 1 aromatic rings. The Kier molecular flexibility index (Phi) is 16.0. The minimum Gasteiger partial charge on any atom is -0.396 e. The summed E-state index contributed by atoms with van der Waals surface area (Å²) < 4.78 is 0. The average molecular weight is 472 g/mol. The van der Waals surface area contributed by atoms with Gasteiger partial charge in [0.1, 0.15) is 11.2 Å². The van der Waals surface area contributed by atoms with Crippen molar-refractivity contribution in [3.63, 3.8) is 0 Å². The van der Waals surface area contributed by atoms with Crippen LogP contribution in [0.2, 0.25) is 0 Å². The highest BCUT2D eigenvalue weighted by Gasteiger charge is 2.37. The second-order valence-corrected chi connectivity index (χ2v) is 10.6. The van der Waals surface area contributed by atoms with Gasteiger partial charge in [-0.1, -0.05) is 51.5 Å². The number of carbonyl (C=O) groups excluding carboxylic acids is 2. The number of Topliss-reactive ketones (excluding diaryl/α,β-unsaturated/α-hetero) is 1. The third-order valence-corrected chi connectivity index (χ3v) is 7.30. The van der Waals surface area contributed by atoms with Gasteiger partial charge in [-0.15, -0.1) is 23.5 Å². The molecule has 2 N–H and O–H groups in total. The number of hydrogen-bond acceptors (Lipinski definition) is 6. The van der Waals surface area contributed by atoms with E-state index in [0.29, 0.717) is 13.2 Å². The predicted octanol–water partition coefficient (Wildman–Crippen LogP) is 5.22. The highest BCUT2D eigenvalue weighted by Crippen LogP contribution is 2.43. The molecule has 7 heteroatoms. The van der Waals surface area contributed by atoms with Crippen molar-refractivity contribution in [2.75, 3.05) is 19.8 Å². The van der Waals surface area contributed by atoms with Crippen LogP contribution in [0.25, 0.3) is 0 Å². The van der Waals surface area contributed by atoms with Gasteiger partial charge in [-0.2, -0.15) is 0 Å². The zero-order valence-corrected chi connectivity index (χ0v) is 21.8. The van der Waals surface area contributed by atoms with E-state index in [0.717, 1.165) is 12.0 Å². The van der Waals surface area contributed by atoms with Gasteiger partial charge in [-0.3, -0.25) is 9.59 Å². The topological polar surface area (TPSA) is 77.8 Å². The Morgan fingerprint density at radius 2 is 1.65 bits per heavy atom. The number of aliphatic hydroxyl groups excluding tert-OH is 2. The summed E-state index contributed by atoms with van der Waals surface area (Å²) in [7, 11) is 0. The number of β-amino-alcohol motifs (C(OH)–C–C–N with tert-alkyl or cyclic N) is 1. The van der Waals surface area contributed by atoms with Gasteiger partial charge in [-0.05, 0) is 45.2 Å². The van der Waals surface area contributed by atoms with Crippen LogP contribution in [-0.4, -0.2) is 57.1 Å². The summed E-state index contributed by atoms with van der Waals surface area (Å²) in [6, 6.07) is 8.26. The summed E-state index contributed by atoms with van der Waals surface area (Å²) in [5.41, 5.74) is 2.25. The van der Waals surface area contributed by atoms with Crippen molar-refractivity contribution < 1.29 is 19.8 Å². The molecule has 0 radical (unpaired) electrons. The highest BCUT2D eigenvalue weighted by atomic mass is 32.2. The summed E-state index contributed by atoms with van der Waals surface area (Å²) in [5.74, 6) is 0.278. The van der Waals surface area contributed by atoms with Crippen molar-refractivity contribution in [3.05, 3.63) is 35.4 Å². The molecule has 1 saturated heterocycles. The number of ketones is 1. The Morgan fingerprint density at radius 3 is 2.06 bits per heavy atom. The Balaban J connectivity index is 0.00000113. The lowest BCUT2D eigenvalue weighted by Gasteiger charge is -2.24. The van der Waals surface area contributed by atoms with Gasteiger partial charge < -0.3 is 15.1 Å². The van der Waals surface area contributed by atoms with Crippen molar-refractivity contribution in [3.8, 4) is 0 Å². The first-order valence-corrected chi connectivity index (χ1v) is 13.0. The number of thioether (sulfide) groups is 2. The van der Waals surface area contributed by atoms with E-state index in [1.165, 1.54) is 12.0 Å². The fraction of sp³-hybridized carbons (Fsp3) is 0.667. The van der Waals surface area contributed by atoms with Gasteiger partial charge >= 0.3 is 0 Å². The van der Waals surface area contributed by atoms with Crippen molar-refractivity contribution >= 4 is 35.2 Å². The van der Waals surface area contributed by atoms with Crippen molar-refractivity contribution in [1.82, 2.24) is 4.90 Å². The molecule has 31 heavy (non-hydrogen) atoms.